The first-order valence-electron chi connectivity index (χ1n) is 9.65. The van der Waals surface area contributed by atoms with Crippen LogP contribution in [0.4, 0.5) is 5.82 Å². The number of ketones is 1. The smallest absolute Gasteiger partial charge is 0.226 e. The topological polar surface area (TPSA) is 93.3 Å². The number of nitrogens with zero attached hydrogens (tertiary/aromatic N) is 1. The number of anilines is 1. The van der Waals surface area contributed by atoms with Crippen LogP contribution in [-0.4, -0.2) is 36.1 Å². The van der Waals surface area contributed by atoms with Gasteiger partial charge in [-0.05, 0) is 49.2 Å². The average molecular weight is 405 g/mol. The van der Waals surface area contributed by atoms with Crippen molar-refractivity contribution in [1.82, 2.24) is 10.2 Å². The van der Waals surface area contributed by atoms with Crippen molar-refractivity contribution >= 4 is 17.5 Å². The van der Waals surface area contributed by atoms with Crippen molar-refractivity contribution in [2.45, 2.75) is 26.2 Å². The number of amides is 1. The van der Waals surface area contributed by atoms with Gasteiger partial charge in [0.05, 0.1) is 25.8 Å². The van der Waals surface area contributed by atoms with E-state index < -0.39 is 5.92 Å². The van der Waals surface area contributed by atoms with Gasteiger partial charge in [-0.15, -0.1) is 0 Å². The Labute approximate surface area is 174 Å². The first-order chi connectivity index (χ1) is 14.4. The van der Waals surface area contributed by atoms with Crippen LogP contribution in [0.3, 0.4) is 0 Å². The number of rotatable bonds is 5. The Morgan fingerprint density at radius 2 is 1.80 bits per heavy atom. The fraction of sp³-hybridized carbons (Fsp3) is 0.261. The Hall–Kier alpha value is -3.61. The quantitative estimate of drug-likeness (QED) is 0.626. The van der Waals surface area contributed by atoms with Crippen molar-refractivity contribution in [3.05, 3.63) is 58.7 Å². The molecule has 0 aliphatic carbocycles. The summed E-state index contributed by atoms with van der Waals surface area (Å²) in [6.07, 6.45) is 0.0680. The Morgan fingerprint density at radius 3 is 2.50 bits per heavy atom. The lowest BCUT2D eigenvalue weighted by atomic mass is 9.83. The minimum Gasteiger partial charge on any atom is -0.493 e. The fourth-order valence-corrected chi connectivity index (χ4v) is 3.79. The largest absolute Gasteiger partial charge is 0.493 e. The molecule has 1 amide bonds. The standard InChI is InChI=1S/C23H23N3O4/c1-12-5-6-15(9-13(12)2)22(28)16-11-19(27)24-23-20(16)21(25-26-23)14-7-8-17(29-3)18(10-14)30-4/h5-10,16H,11H2,1-4H3,(H2,24,25,26,27)/t16-/m0/s1. The molecular formula is C23H23N3O4. The van der Waals surface area contributed by atoms with Gasteiger partial charge in [-0.25, -0.2) is 0 Å². The molecule has 0 bridgehead atoms. The summed E-state index contributed by atoms with van der Waals surface area (Å²) in [5, 5.41) is 10.0. The third kappa shape index (κ3) is 3.32. The van der Waals surface area contributed by atoms with E-state index in [9.17, 15) is 9.59 Å². The predicted octanol–water partition coefficient (Wildman–Crippen LogP) is 4.02. The maximum atomic E-state index is 13.4. The highest BCUT2D eigenvalue weighted by Crippen LogP contribution is 2.41. The van der Waals surface area contributed by atoms with Crippen LogP contribution in [0.1, 0.15) is 39.4 Å². The Bertz CT molecular complexity index is 1150. The molecule has 4 rings (SSSR count). The summed E-state index contributed by atoms with van der Waals surface area (Å²) in [6.45, 7) is 3.97. The Morgan fingerprint density at radius 1 is 1.03 bits per heavy atom. The number of carbonyl (C=O) groups excluding carboxylic acids is 2. The second kappa shape index (κ2) is 7.67. The van der Waals surface area contributed by atoms with Gasteiger partial charge in [0.15, 0.2) is 23.1 Å². The molecule has 0 fully saturated rings. The van der Waals surface area contributed by atoms with E-state index in [-0.39, 0.29) is 18.1 Å². The molecule has 0 saturated heterocycles. The van der Waals surface area contributed by atoms with E-state index in [1.165, 1.54) is 0 Å². The highest BCUT2D eigenvalue weighted by atomic mass is 16.5. The SMILES string of the molecule is COc1ccc(-c2[nH]nc3c2[C@@H](C(=O)c2ccc(C)c(C)c2)CC(=O)N3)cc1OC. The molecule has 1 aliphatic rings. The lowest BCUT2D eigenvalue weighted by molar-refractivity contribution is -0.116. The fourth-order valence-electron chi connectivity index (χ4n) is 3.79. The number of aromatic nitrogens is 2. The van der Waals surface area contributed by atoms with Gasteiger partial charge in [0, 0.05) is 23.1 Å². The molecule has 0 saturated carbocycles. The number of Topliss-reactive ketones (excluding diaryl/α,β-unsaturated/α-hetero) is 1. The monoisotopic (exact) mass is 405 g/mol. The van der Waals surface area contributed by atoms with Crippen molar-refractivity contribution in [2.24, 2.45) is 0 Å². The first kappa shape index (κ1) is 19.7. The maximum absolute atomic E-state index is 13.4. The molecule has 2 heterocycles. The lowest BCUT2D eigenvalue weighted by Crippen LogP contribution is -2.27. The summed E-state index contributed by atoms with van der Waals surface area (Å²) in [6, 6.07) is 11.1. The molecular weight excluding hydrogens is 382 g/mol. The number of methoxy groups -OCH3 is 2. The Kier molecular flexibility index (Phi) is 5.03. The van der Waals surface area contributed by atoms with Crippen LogP contribution >= 0.6 is 0 Å². The van der Waals surface area contributed by atoms with E-state index in [2.05, 4.69) is 15.5 Å². The zero-order valence-electron chi connectivity index (χ0n) is 17.3. The van der Waals surface area contributed by atoms with E-state index in [1.807, 2.05) is 44.2 Å². The molecule has 0 spiro atoms. The van der Waals surface area contributed by atoms with Gasteiger partial charge in [0.25, 0.3) is 0 Å². The minimum atomic E-state index is -0.627. The zero-order chi connectivity index (χ0) is 21.4. The molecule has 1 atom stereocenters. The van der Waals surface area contributed by atoms with Gasteiger partial charge >= 0.3 is 0 Å². The number of benzene rings is 2. The Balaban J connectivity index is 1.81. The average Bonchev–Trinajstić information content (AvgIpc) is 3.17. The van der Waals surface area contributed by atoms with Crippen LogP contribution in [-0.2, 0) is 4.79 Å². The third-order valence-corrected chi connectivity index (χ3v) is 5.58. The van der Waals surface area contributed by atoms with Crippen LogP contribution in [0.15, 0.2) is 36.4 Å². The molecule has 1 aromatic heterocycles. The maximum Gasteiger partial charge on any atom is 0.226 e. The molecule has 7 nitrogen and oxygen atoms in total. The number of ether oxygens (including phenoxy) is 2. The molecule has 2 N–H and O–H groups in total. The van der Waals surface area contributed by atoms with E-state index in [0.717, 1.165) is 16.7 Å². The van der Waals surface area contributed by atoms with Crippen LogP contribution in [0.5, 0.6) is 11.5 Å². The van der Waals surface area contributed by atoms with Crippen LogP contribution in [0.25, 0.3) is 11.3 Å². The highest BCUT2D eigenvalue weighted by Gasteiger charge is 2.36. The van der Waals surface area contributed by atoms with Gasteiger partial charge in [-0.2, -0.15) is 5.10 Å². The van der Waals surface area contributed by atoms with E-state index in [0.29, 0.717) is 34.1 Å². The second-order valence-electron chi connectivity index (χ2n) is 7.40. The van der Waals surface area contributed by atoms with Gasteiger partial charge in [-0.1, -0.05) is 12.1 Å². The lowest BCUT2D eigenvalue weighted by Gasteiger charge is -2.22. The second-order valence-corrected chi connectivity index (χ2v) is 7.40. The molecule has 154 valence electrons. The minimum absolute atomic E-state index is 0.0680. The van der Waals surface area contributed by atoms with Crippen molar-refractivity contribution in [1.29, 1.82) is 0 Å². The number of H-pyrrole nitrogens is 1. The van der Waals surface area contributed by atoms with Crippen LogP contribution in [0.2, 0.25) is 0 Å². The normalized spacial score (nSPS) is 15.3. The van der Waals surface area contributed by atoms with Gasteiger partial charge in [0.2, 0.25) is 5.91 Å². The van der Waals surface area contributed by atoms with Crippen molar-refractivity contribution < 1.29 is 19.1 Å². The van der Waals surface area contributed by atoms with Gasteiger partial charge < -0.3 is 14.8 Å². The van der Waals surface area contributed by atoms with E-state index >= 15 is 0 Å². The van der Waals surface area contributed by atoms with Gasteiger partial charge in [-0.3, -0.25) is 14.7 Å². The predicted molar refractivity (Wildman–Crippen MR) is 113 cm³/mol. The number of hydrogen-bond acceptors (Lipinski definition) is 5. The molecule has 0 unspecified atom stereocenters. The van der Waals surface area contributed by atoms with Crippen molar-refractivity contribution in [3.63, 3.8) is 0 Å². The number of carbonyl (C=O) groups is 2. The van der Waals surface area contributed by atoms with Crippen molar-refractivity contribution in [3.8, 4) is 22.8 Å². The van der Waals surface area contributed by atoms with E-state index in [4.69, 9.17) is 9.47 Å². The molecule has 30 heavy (non-hydrogen) atoms. The van der Waals surface area contributed by atoms with Crippen molar-refractivity contribution in [2.75, 3.05) is 19.5 Å². The third-order valence-electron chi connectivity index (χ3n) is 5.58. The van der Waals surface area contributed by atoms with Gasteiger partial charge in [0.1, 0.15) is 0 Å². The van der Waals surface area contributed by atoms with Crippen LogP contribution < -0.4 is 14.8 Å². The summed E-state index contributed by atoms with van der Waals surface area (Å²) >= 11 is 0. The van der Waals surface area contributed by atoms with Crippen LogP contribution in [0, 0.1) is 13.8 Å². The highest BCUT2D eigenvalue weighted by molar-refractivity contribution is 6.08. The summed E-state index contributed by atoms with van der Waals surface area (Å²) in [7, 11) is 3.14. The number of aryl methyl sites for hydroxylation is 2. The number of nitrogens with one attached hydrogen (secondary N) is 2. The first-order valence-corrected chi connectivity index (χ1v) is 9.65. The molecule has 3 aromatic rings. The number of aromatic amines is 1. The molecule has 2 aromatic carbocycles. The summed E-state index contributed by atoms with van der Waals surface area (Å²) in [5.41, 5.74) is 4.88. The summed E-state index contributed by atoms with van der Waals surface area (Å²) in [5.74, 6) is 0.601. The molecule has 1 aliphatic heterocycles. The molecule has 7 heteroatoms. The zero-order valence-corrected chi connectivity index (χ0v) is 17.3. The summed E-state index contributed by atoms with van der Waals surface area (Å²) in [4.78, 5) is 25.7. The van der Waals surface area contributed by atoms with E-state index in [1.54, 1.807) is 20.3 Å². The number of fused-ring (bicyclic) bond motifs is 1. The summed E-state index contributed by atoms with van der Waals surface area (Å²) < 4.78 is 10.7. The number of hydrogen-bond donors (Lipinski definition) is 2. The molecule has 0 radical (unpaired) electrons.